The Bertz CT molecular complexity index is 485. The number of nitrogens with zero attached hydrogens (tertiary/aromatic N) is 1. The molecule has 6 heteroatoms. The number of rotatable bonds is 7. The number of halogens is 1. The van der Waals surface area contributed by atoms with Crippen molar-refractivity contribution in [2.75, 3.05) is 20.2 Å². The monoisotopic (exact) mass is 317 g/mol. The number of hydrogen-bond donors (Lipinski definition) is 0. The average molecular weight is 318 g/mol. The highest BCUT2D eigenvalue weighted by atomic mass is 35.5. The highest BCUT2D eigenvalue weighted by Gasteiger charge is 2.37. The standard InChI is InChI=1S/C14H20ClNO3S/c1-5-19-13(18)14(2,3)11(17)9-16(4)8-10-6-7-12(15)20-10/h6-7H,5,8-9H2,1-4H3. The lowest BCUT2D eigenvalue weighted by Crippen LogP contribution is -2.41. The van der Waals surface area contributed by atoms with Gasteiger partial charge in [-0.1, -0.05) is 11.6 Å². The highest BCUT2D eigenvalue weighted by Crippen LogP contribution is 2.23. The Kier molecular flexibility index (Phi) is 6.17. The summed E-state index contributed by atoms with van der Waals surface area (Å²) in [5, 5.41) is 0. The fourth-order valence-corrected chi connectivity index (χ4v) is 2.79. The number of carbonyl (C=O) groups is 2. The molecular formula is C14H20ClNO3S. The van der Waals surface area contributed by atoms with Gasteiger partial charge in [0.1, 0.15) is 5.41 Å². The molecule has 20 heavy (non-hydrogen) atoms. The van der Waals surface area contributed by atoms with E-state index in [9.17, 15) is 9.59 Å². The Balaban J connectivity index is 2.58. The Morgan fingerprint density at radius 3 is 2.55 bits per heavy atom. The highest BCUT2D eigenvalue weighted by molar-refractivity contribution is 7.16. The van der Waals surface area contributed by atoms with Crippen LogP contribution in [0.25, 0.3) is 0 Å². The summed E-state index contributed by atoms with van der Waals surface area (Å²) in [6, 6.07) is 3.77. The van der Waals surface area contributed by atoms with E-state index in [0.717, 1.165) is 9.21 Å². The van der Waals surface area contributed by atoms with E-state index in [4.69, 9.17) is 16.3 Å². The molecule has 1 rings (SSSR count). The van der Waals surface area contributed by atoms with Crippen molar-refractivity contribution in [1.82, 2.24) is 4.90 Å². The summed E-state index contributed by atoms with van der Waals surface area (Å²) in [7, 11) is 1.84. The van der Waals surface area contributed by atoms with Crippen LogP contribution in [0.2, 0.25) is 4.34 Å². The summed E-state index contributed by atoms with van der Waals surface area (Å²) in [4.78, 5) is 26.9. The predicted octanol–water partition coefficient (Wildman–Crippen LogP) is 2.99. The van der Waals surface area contributed by atoms with Gasteiger partial charge in [-0.3, -0.25) is 14.5 Å². The van der Waals surface area contributed by atoms with Gasteiger partial charge >= 0.3 is 5.97 Å². The van der Waals surface area contributed by atoms with Crippen LogP contribution in [0, 0.1) is 5.41 Å². The quantitative estimate of drug-likeness (QED) is 0.573. The molecule has 1 heterocycles. The van der Waals surface area contributed by atoms with Gasteiger partial charge in [-0.2, -0.15) is 0 Å². The molecule has 0 N–H and O–H groups in total. The molecule has 112 valence electrons. The lowest BCUT2D eigenvalue weighted by molar-refractivity contribution is -0.158. The normalized spacial score (nSPS) is 11.7. The van der Waals surface area contributed by atoms with Crippen molar-refractivity contribution in [1.29, 1.82) is 0 Å². The maximum atomic E-state index is 12.2. The van der Waals surface area contributed by atoms with Gasteiger partial charge in [0, 0.05) is 11.4 Å². The van der Waals surface area contributed by atoms with Crippen molar-refractivity contribution >= 4 is 34.7 Å². The number of hydrogen-bond acceptors (Lipinski definition) is 5. The van der Waals surface area contributed by atoms with Crippen LogP contribution in [0.3, 0.4) is 0 Å². The Labute approximate surface area is 128 Å². The van der Waals surface area contributed by atoms with Crippen molar-refractivity contribution in [2.45, 2.75) is 27.3 Å². The van der Waals surface area contributed by atoms with Crippen LogP contribution in [0.4, 0.5) is 0 Å². The van der Waals surface area contributed by atoms with E-state index >= 15 is 0 Å². The van der Waals surface area contributed by atoms with Crippen LogP contribution in [-0.4, -0.2) is 36.9 Å². The molecule has 0 aliphatic rings. The maximum Gasteiger partial charge on any atom is 0.319 e. The first kappa shape index (κ1) is 17.1. The van der Waals surface area contributed by atoms with Gasteiger partial charge in [-0.15, -0.1) is 11.3 Å². The number of Topliss-reactive ketones (excluding diaryl/α,β-unsaturated/α-hetero) is 1. The fourth-order valence-electron chi connectivity index (χ4n) is 1.63. The van der Waals surface area contributed by atoms with Gasteiger partial charge in [-0.25, -0.2) is 0 Å². The van der Waals surface area contributed by atoms with Crippen molar-refractivity contribution in [3.05, 3.63) is 21.3 Å². The number of ether oxygens (including phenoxy) is 1. The summed E-state index contributed by atoms with van der Waals surface area (Å²) in [5.74, 6) is -0.626. The first-order valence-electron chi connectivity index (χ1n) is 6.40. The van der Waals surface area contributed by atoms with Crippen LogP contribution in [0.15, 0.2) is 12.1 Å². The first-order chi connectivity index (χ1) is 9.27. The Morgan fingerprint density at radius 1 is 1.40 bits per heavy atom. The molecule has 0 saturated carbocycles. The van der Waals surface area contributed by atoms with E-state index in [0.29, 0.717) is 6.54 Å². The number of likely N-dealkylation sites (N-methyl/N-ethyl adjacent to an activating group) is 1. The summed E-state index contributed by atoms with van der Waals surface area (Å²) in [5.41, 5.74) is -1.11. The second-order valence-electron chi connectivity index (χ2n) is 5.15. The zero-order chi connectivity index (χ0) is 15.3. The van der Waals surface area contributed by atoms with E-state index in [-0.39, 0.29) is 18.9 Å². The van der Waals surface area contributed by atoms with E-state index in [1.807, 2.05) is 24.1 Å². The molecule has 1 aromatic heterocycles. The molecule has 0 aliphatic heterocycles. The molecular weight excluding hydrogens is 298 g/mol. The summed E-state index contributed by atoms with van der Waals surface area (Å²) < 4.78 is 5.67. The summed E-state index contributed by atoms with van der Waals surface area (Å²) in [6.45, 7) is 6.03. The largest absolute Gasteiger partial charge is 0.465 e. The van der Waals surface area contributed by atoms with Gasteiger partial charge < -0.3 is 4.74 Å². The van der Waals surface area contributed by atoms with Crippen molar-refractivity contribution in [3.63, 3.8) is 0 Å². The molecule has 0 aromatic carbocycles. The fraction of sp³-hybridized carbons (Fsp3) is 0.571. The third kappa shape index (κ3) is 4.58. The van der Waals surface area contributed by atoms with Crippen LogP contribution < -0.4 is 0 Å². The SMILES string of the molecule is CCOC(=O)C(C)(C)C(=O)CN(C)Cc1ccc(Cl)s1. The van der Waals surface area contributed by atoms with E-state index in [1.165, 1.54) is 11.3 Å². The maximum absolute atomic E-state index is 12.2. The van der Waals surface area contributed by atoms with Crippen LogP contribution in [-0.2, 0) is 20.9 Å². The van der Waals surface area contributed by atoms with E-state index < -0.39 is 11.4 Å². The van der Waals surface area contributed by atoms with Crippen molar-refractivity contribution in [3.8, 4) is 0 Å². The average Bonchev–Trinajstić information content (AvgIpc) is 2.74. The van der Waals surface area contributed by atoms with Crippen LogP contribution in [0.5, 0.6) is 0 Å². The molecule has 1 aromatic rings. The molecule has 0 saturated heterocycles. The summed E-state index contributed by atoms with van der Waals surface area (Å²) >= 11 is 7.36. The topological polar surface area (TPSA) is 46.6 Å². The molecule has 0 bridgehead atoms. The van der Waals surface area contributed by atoms with Gasteiger partial charge in [0.25, 0.3) is 0 Å². The second kappa shape index (κ2) is 7.20. The van der Waals surface area contributed by atoms with Gasteiger partial charge in [0.15, 0.2) is 5.78 Å². The molecule has 0 spiro atoms. The van der Waals surface area contributed by atoms with E-state index in [1.54, 1.807) is 20.8 Å². The third-order valence-corrected chi connectivity index (χ3v) is 4.17. The molecule has 0 atom stereocenters. The molecule has 0 fully saturated rings. The first-order valence-corrected chi connectivity index (χ1v) is 7.60. The lowest BCUT2D eigenvalue weighted by atomic mass is 9.88. The lowest BCUT2D eigenvalue weighted by Gasteiger charge is -2.24. The molecule has 0 amide bonds. The number of esters is 1. The second-order valence-corrected chi connectivity index (χ2v) is 6.95. The van der Waals surface area contributed by atoms with Crippen molar-refractivity contribution < 1.29 is 14.3 Å². The zero-order valence-corrected chi connectivity index (χ0v) is 13.8. The van der Waals surface area contributed by atoms with Crippen molar-refractivity contribution in [2.24, 2.45) is 5.41 Å². The Hall–Kier alpha value is -0.910. The van der Waals surface area contributed by atoms with Gasteiger partial charge in [0.05, 0.1) is 17.5 Å². The van der Waals surface area contributed by atoms with Gasteiger partial charge in [0.2, 0.25) is 0 Å². The number of thiophene rings is 1. The molecule has 4 nitrogen and oxygen atoms in total. The van der Waals surface area contributed by atoms with Gasteiger partial charge in [-0.05, 0) is 40.0 Å². The number of ketones is 1. The predicted molar refractivity (Wildman–Crippen MR) is 81.1 cm³/mol. The minimum Gasteiger partial charge on any atom is -0.465 e. The molecule has 0 aliphatic carbocycles. The smallest absolute Gasteiger partial charge is 0.319 e. The van der Waals surface area contributed by atoms with E-state index in [2.05, 4.69) is 0 Å². The number of carbonyl (C=O) groups excluding carboxylic acids is 2. The minimum absolute atomic E-state index is 0.152. The molecule has 0 radical (unpaired) electrons. The van der Waals surface area contributed by atoms with Crippen LogP contribution >= 0.6 is 22.9 Å². The van der Waals surface area contributed by atoms with Crippen LogP contribution in [0.1, 0.15) is 25.6 Å². The minimum atomic E-state index is -1.11. The third-order valence-electron chi connectivity index (χ3n) is 2.95. The summed E-state index contributed by atoms with van der Waals surface area (Å²) in [6.07, 6.45) is 0. The Morgan fingerprint density at radius 2 is 2.05 bits per heavy atom. The molecule has 0 unspecified atom stereocenters. The zero-order valence-electron chi connectivity index (χ0n) is 12.2.